The van der Waals surface area contributed by atoms with Crippen LogP contribution in [0.3, 0.4) is 0 Å². The van der Waals surface area contributed by atoms with Gasteiger partial charge in [-0.25, -0.2) is 0 Å². The molecule has 134 valence electrons. The van der Waals surface area contributed by atoms with Gasteiger partial charge in [-0.3, -0.25) is 14.2 Å². The van der Waals surface area contributed by atoms with Crippen molar-refractivity contribution in [1.29, 1.82) is 0 Å². The number of nitrogens with one attached hydrogen (secondary N) is 1. The molecule has 1 heterocycles. The topological polar surface area (TPSA) is 86.1 Å². The summed E-state index contributed by atoms with van der Waals surface area (Å²) >= 11 is 1.26. The molecule has 2 rings (SSSR count). The number of anilines is 1. The number of hydrogen-bond donors (Lipinski definition) is 1. The lowest BCUT2D eigenvalue weighted by Crippen LogP contribution is -2.25. The van der Waals surface area contributed by atoms with Crippen LogP contribution in [0.15, 0.2) is 29.4 Å². The van der Waals surface area contributed by atoms with Gasteiger partial charge in [0.05, 0.1) is 11.4 Å². The van der Waals surface area contributed by atoms with Crippen LogP contribution in [0.2, 0.25) is 0 Å². The lowest BCUT2D eigenvalue weighted by atomic mass is 10.2. The predicted octanol–water partition coefficient (Wildman–Crippen LogP) is 2.97. The molecule has 0 unspecified atom stereocenters. The molecule has 1 amide bonds. The summed E-state index contributed by atoms with van der Waals surface area (Å²) in [4.78, 5) is 23.2. The van der Waals surface area contributed by atoms with E-state index in [1.54, 1.807) is 6.07 Å². The number of carbonyl (C=O) groups is 2. The molecule has 0 spiro atoms. The van der Waals surface area contributed by atoms with E-state index < -0.39 is 5.60 Å². The Morgan fingerprint density at radius 1 is 1.28 bits per heavy atom. The average molecular weight is 362 g/mol. The Morgan fingerprint density at radius 2 is 2.00 bits per heavy atom. The van der Waals surface area contributed by atoms with Gasteiger partial charge in [0.15, 0.2) is 5.16 Å². The number of esters is 1. The van der Waals surface area contributed by atoms with Crippen LogP contribution in [0.5, 0.6) is 0 Å². The first-order valence-corrected chi connectivity index (χ1v) is 8.79. The van der Waals surface area contributed by atoms with Crippen molar-refractivity contribution < 1.29 is 14.3 Å². The Balaban J connectivity index is 2.19. The van der Waals surface area contributed by atoms with Gasteiger partial charge in [0.2, 0.25) is 5.91 Å². The van der Waals surface area contributed by atoms with Crippen LogP contribution >= 0.6 is 11.8 Å². The van der Waals surface area contributed by atoms with Crippen molar-refractivity contribution in [2.24, 2.45) is 0 Å². The minimum atomic E-state index is -0.520. The highest BCUT2D eigenvalue weighted by atomic mass is 32.2. The van der Waals surface area contributed by atoms with Gasteiger partial charge in [-0.2, -0.15) is 0 Å². The summed E-state index contributed by atoms with van der Waals surface area (Å²) in [6.07, 6.45) is 0. The number of nitrogens with zero attached hydrogens (tertiary/aromatic N) is 3. The van der Waals surface area contributed by atoms with Crippen LogP contribution in [0.1, 0.15) is 33.5 Å². The highest BCUT2D eigenvalue weighted by Gasteiger charge is 2.18. The fourth-order valence-electron chi connectivity index (χ4n) is 2.15. The molecule has 1 aromatic carbocycles. The molecule has 0 aliphatic heterocycles. The minimum Gasteiger partial charge on any atom is -0.459 e. The van der Waals surface area contributed by atoms with E-state index in [4.69, 9.17) is 4.74 Å². The summed E-state index contributed by atoms with van der Waals surface area (Å²) < 4.78 is 7.14. The lowest BCUT2D eigenvalue weighted by molar-refractivity contribution is -0.151. The summed E-state index contributed by atoms with van der Waals surface area (Å²) in [6, 6.07) is 7.36. The first kappa shape index (κ1) is 19.0. The Bertz CT molecular complexity index is 780. The second kappa shape index (κ2) is 7.69. The molecule has 0 bridgehead atoms. The van der Waals surface area contributed by atoms with Gasteiger partial charge >= 0.3 is 5.97 Å². The van der Waals surface area contributed by atoms with Gasteiger partial charge in [0.1, 0.15) is 11.4 Å². The second-order valence-electron chi connectivity index (χ2n) is 6.47. The molecule has 1 aromatic heterocycles. The van der Waals surface area contributed by atoms with E-state index in [9.17, 15) is 9.59 Å². The Morgan fingerprint density at radius 3 is 2.64 bits per heavy atom. The van der Waals surface area contributed by atoms with Crippen LogP contribution in [0.4, 0.5) is 5.69 Å². The number of aryl methyl sites for hydroxylation is 1. The summed E-state index contributed by atoms with van der Waals surface area (Å²) in [7, 11) is 0. The summed E-state index contributed by atoms with van der Waals surface area (Å²) in [5.41, 5.74) is 0.968. The molecule has 0 atom stereocenters. The maximum absolute atomic E-state index is 11.9. The largest absolute Gasteiger partial charge is 0.459 e. The van der Waals surface area contributed by atoms with Gasteiger partial charge in [0.25, 0.3) is 0 Å². The molecule has 25 heavy (non-hydrogen) atoms. The molecule has 0 aliphatic carbocycles. The van der Waals surface area contributed by atoms with E-state index in [1.807, 2.05) is 50.5 Å². The number of benzene rings is 1. The standard InChI is InChI=1S/C17H22N4O3S/c1-11-19-20-16(25-10-15(23)24-17(3,4)5)21(11)14-8-6-7-13(9-14)18-12(2)22/h6-9H,10H2,1-5H3,(H,18,22). The fourth-order valence-corrected chi connectivity index (χ4v) is 2.93. The first-order valence-electron chi connectivity index (χ1n) is 7.80. The molecule has 2 aromatic rings. The number of aromatic nitrogens is 3. The third-order valence-electron chi connectivity index (χ3n) is 2.96. The fraction of sp³-hybridized carbons (Fsp3) is 0.412. The van der Waals surface area contributed by atoms with Crippen LogP contribution in [0, 0.1) is 6.92 Å². The van der Waals surface area contributed by atoms with Gasteiger partial charge in [0, 0.05) is 12.6 Å². The van der Waals surface area contributed by atoms with Crippen LogP contribution in [-0.2, 0) is 14.3 Å². The summed E-state index contributed by atoms with van der Waals surface area (Å²) in [6.45, 7) is 8.77. The number of carbonyl (C=O) groups excluding carboxylic acids is 2. The van der Waals surface area contributed by atoms with E-state index in [2.05, 4.69) is 15.5 Å². The van der Waals surface area contributed by atoms with E-state index in [1.165, 1.54) is 18.7 Å². The van der Waals surface area contributed by atoms with Crippen molar-refractivity contribution >= 4 is 29.3 Å². The van der Waals surface area contributed by atoms with Crippen molar-refractivity contribution in [3.63, 3.8) is 0 Å². The first-order chi connectivity index (χ1) is 11.7. The number of amides is 1. The normalized spacial score (nSPS) is 11.2. The van der Waals surface area contributed by atoms with Gasteiger partial charge in [-0.1, -0.05) is 17.8 Å². The molecular formula is C17H22N4O3S. The highest BCUT2D eigenvalue weighted by molar-refractivity contribution is 7.99. The maximum atomic E-state index is 11.9. The third kappa shape index (κ3) is 5.60. The Labute approximate surface area is 151 Å². The second-order valence-corrected chi connectivity index (χ2v) is 7.41. The SMILES string of the molecule is CC(=O)Nc1cccc(-n2c(C)nnc2SCC(=O)OC(C)(C)C)c1. The molecule has 8 heteroatoms. The molecule has 0 fully saturated rings. The molecule has 0 saturated carbocycles. The zero-order valence-corrected chi connectivity index (χ0v) is 15.8. The zero-order valence-electron chi connectivity index (χ0n) is 15.0. The van der Waals surface area contributed by atoms with Crippen molar-refractivity contribution in [3.8, 4) is 5.69 Å². The predicted molar refractivity (Wildman–Crippen MR) is 97.0 cm³/mol. The van der Waals surface area contributed by atoms with Crippen molar-refractivity contribution in [2.45, 2.75) is 45.4 Å². The van der Waals surface area contributed by atoms with Gasteiger partial charge < -0.3 is 10.1 Å². The highest BCUT2D eigenvalue weighted by Crippen LogP contribution is 2.24. The number of hydrogen-bond acceptors (Lipinski definition) is 6. The van der Waals surface area contributed by atoms with Crippen molar-refractivity contribution in [3.05, 3.63) is 30.1 Å². The quantitative estimate of drug-likeness (QED) is 0.650. The molecule has 0 saturated heterocycles. The summed E-state index contributed by atoms with van der Waals surface area (Å²) in [5.74, 6) is 0.376. The Hall–Kier alpha value is -2.35. The molecule has 0 radical (unpaired) electrons. The van der Waals surface area contributed by atoms with Crippen molar-refractivity contribution in [1.82, 2.24) is 14.8 Å². The molecule has 1 N–H and O–H groups in total. The average Bonchev–Trinajstić information content (AvgIpc) is 2.84. The number of rotatable bonds is 5. The minimum absolute atomic E-state index is 0.140. The van der Waals surface area contributed by atoms with E-state index in [0.29, 0.717) is 16.7 Å². The van der Waals surface area contributed by atoms with Crippen LogP contribution in [0.25, 0.3) is 5.69 Å². The monoisotopic (exact) mass is 362 g/mol. The third-order valence-corrected chi connectivity index (χ3v) is 3.86. The number of thioether (sulfide) groups is 1. The van der Waals surface area contributed by atoms with Crippen LogP contribution < -0.4 is 5.32 Å². The number of ether oxygens (including phenoxy) is 1. The van der Waals surface area contributed by atoms with Crippen LogP contribution in [-0.4, -0.2) is 38.0 Å². The zero-order chi connectivity index (χ0) is 18.6. The lowest BCUT2D eigenvalue weighted by Gasteiger charge is -2.19. The molecular weight excluding hydrogens is 340 g/mol. The van der Waals surface area contributed by atoms with Gasteiger partial charge in [-0.05, 0) is 45.9 Å². The summed E-state index contributed by atoms with van der Waals surface area (Å²) in [5, 5.41) is 11.6. The smallest absolute Gasteiger partial charge is 0.316 e. The van der Waals surface area contributed by atoms with E-state index in [-0.39, 0.29) is 17.6 Å². The molecule has 7 nitrogen and oxygen atoms in total. The van der Waals surface area contributed by atoms with E-state index >= 15 is 0 Å². The van der Waals surface area contributed by atoms with Gasteiger partial charge in [-0.15, -0.1) is 10.2 Å². The Kier molecular flexibility index (Phi) is 5.84. The van der Waals surface area contributed by atoms with Crippen molar-refractivity contribution in [2.75, 3.05) is 11.1 Å². The van der Waals surface area contributed by atoms with E-state index in [0.717, 1.165) is 5.69 Å². The molecule has 0 aliphatic rings. The maximum Gasteiger partial charge on any atom is 0.316 e.